The number of nitrogens with zero attached hydrogens (tertiary/aromatic N) is 1. The summed E-state index contributed by atoms with van der Waals surface area (Å²) in [5.41, 5.74) is 5.13. The molecule has 0 aliphatic rings. The highest BCUT2D eigenvalue weighted by molar-refractivity contribution is 7.21. The summed E-state index contributed by atoms with van der Waals surface area (Å²) in [6, 6.07) is 24.0. The zero-order chi connectivity index (χ0) is 18.8. The number of amides is 1. The van der Waals surface area contributed by atoms with Crippen LogP contribution >= 0.6 is 11.3 Å². The van der Waals surface area contributed by atoms with Gasteiger partial charge in [-0.2, -0.15) is 0 Å². The summed E-state index contributed by atoms with van der Waals surface area (Å²) in [4.78, 5) is 17.2. The summed E-state index contributed by atoms with van der Waals surface area (Å²) in [7, 11) is 0. The first-order valence-corrected chi connectivity index (χ1v) is 9.75. The molecule has 3 nitrogen and oxygen atoms in total. The molecule has 3 aromatic carbocycles. The van der Waals surface area contributed by atoms with E-state index in [1.165, 1.54) is 10.3 Å². The molecule has 0 saturated heterocycles. The Labute approximate surface area is 162 Å². The van der Waals surface area contributed by atoms with Crippen LogP contribution in [0.3, 0.4) is 0 Å². The molecular formula is C23H20N2OS. The number of anilines is 1. The number of aromatic nitrogens is 1. The highest BCUT2D eigenvalue weighted by Crippen LogP contribution is 2.31. The van der Waals surface area contributed by atoms with E-state index in [2.05, 4.69) is 30.4 Å². The van der Waals surface area contributed by atoms with Gasteiger partial charge in [0.05, 0.1) is 16.1 Å². The van der Waals surface area contributed by atoms with Crippen molar-refractivity contribution < 1.29 is 4.79 Å². The number of hydrogen-bond donors (Lipinski definition) is 1. The summed E-state index contributed by atoms with van der Waals surface area (Å²) >= 11 is 1.69. The first-order valence-electron chi connectivity index (χ1n) is 8.93. The lowest BCUT2D eigenvalue weighted by molar-refractivity contribution is -0.117. The van der Waals surface area contributed by atoms with Crippen LogP contribution in [0.5, 0.6) is 0 Å². The summed E-state index contributed by atoms with van der Waals surface area (Å²) in [6.07, 6.45) is 0. The van der Waals surface area contributed by atoms with Crippen molar-refractivity contribution in [3.63, 3.8) is 0 Å². The van der Waals surface area contributed by atoms with Gasteiger partial charge < -0.3 is 5.32 Å². The lowest BCUT2D eigenvalue weighted by Crippen LogP contribution is -2.18. The molecule has 1 amide bonds. The SMILES string of the molecule is Cc1ccc2nc(-c3ccc(NC(=O)[C@@H](C)c4ccccc4)cc3)sc2c1. The number of benzene rings is 3. The minimum absolute atomic E-state index is 0.00980. The molecule has 0 radical (unpaired) electrons. The predicted octanol–water partition coefficient (Wildman–Crippen LogP) is 6.01. The molecule has 0 spiro atoms. The predicted molar refractivity (Wildman–Crippen MR) is 113 cm³/mol. The van der Waals surface area contributed by atoms with E-state index in [0.717, 1.165) is 27.3 Å². The number of carbonyl (C=O) groups excluding carboxylic acids is 1. The summed E-state index contributed by atoms with van der Waals surface area (Å²) in [5, 5.41) is 3.99. The van der Waals surface area contributed by atoms with Gasteiger partial charge >= 0.3 is 0 Å². The van der Waals surface area contributed by atoms with Crippen LogP contribution in [0.25, 0.3) is 20.8 Å². The van der Waals surface area contributed by atoms with Crippen LogP contribution in [0, 0.1) is 6.92 Å². The fourth-order valence-corrected chi connectivity index (χ4v) is 4.06. The molecule has 27 heavy (non-hydrogen) atoms. The lowest BCUT2D eigenvalue weighted by atomic mass is 10.0. The zero-order valence-electron chi connectivity index (χ0n) is 15.3. The van der Waals surface area contributed by atoms with Crippen molar-refractivity contribution in [3.8, 4) is 10.6 Å². The molecule has 0 aliphatic carbocycles. The summed E-state index contributed by atoms with van der Waals surface area (Å²) in [6.45, 7) is 4.01. The van der Waals surface area contributed by atoms with E-state index in [-0.39, 0.29) is 11.8 Å². The number of rotatable bonds is 4. The van der Waals surface area contributed by atoms with E-state index in [9.17, 15) is 4.79 Å². The molecule has 1 atom stereocenters. The molecule has 1 aromatic heterocycles. The highest BCUT2D eigenvalue weighted by atomic mass is 32.1. The third-order valence-electron chi connectivity index (χ3n) is 4.64. The molecular weight excluding hydrogens is 352 g/mol. The molecule has 0 aliphatic heterocycles. The van der Waals surface area contributed by atoms with E-state index in [1.54, 1.807) is 11.3 Å². The molecule has 1 heterocycles. The van der Waals surface area contributed by atoms with E-state index < -0.39 is 0 Å². The van der Waals surface area contributed by atoms with Crippen LogP contribution in [0.2, 0.25) is 0 Å². The highest BCUT2D eigenvalue weighted by Gasteiger charge is 2.15. The van der Waals surface area contributed by atoms with Gasteiger partial charge in [-0.15, -0.1) is 11.3 Å². The Morgan fingerprint density at radius 3 is 2.48 bits per heavy atom. The van der Waals surface area contributed by atoms with Gasteiger partial charge in [0.25, 0.3) is 0 Å². The zero-order valence-corrected chi connectivity index (χ0v) is 16.1. The lowest BCUT2D eigenvalue weighted by Gasteiger charge is -2.12. The largest absolute Gasteiger partial charge is 0.326 e. The van der Waals surface area contributed by atoms with Crippen molar-refractivity contribution in [2.45, 2.75) is 19.8 Å². The Balaban J connectivity index is 1.50. The smallest absolute Gasteiger partial charge is 0.231 e. The molecule has 0 fully saturated rings. The number of carbonyl (C=O) groups is 1. The van der Waals surface area contributed by atoms with Gasteiger partial charge in [-0.25, -0.2) is 4.98 Å². The van der Waals surface area contributed by atoms with Crippen LogP contribution < -0.4 is 5.32 Å². The average Bonchev–Trinajstić information content (AvgIpc) is 3.11. The Morgan fingerprint density at radius 2 is 1.74 bits per heavy atom. The van der Waals surface area contributed by atoms with E-state index in [0.29, 0.717) is 0 Å². The number of aryl methyl sites for hydroxylation is 1. The number of thiazole rings is 1. The van der Waals surface area contributed by atoms with E-state index >= 15 is 0 Å². The monoisotopic (exact) mass is 372 g/mol. The van der Waals surface area contributed by atoms with Crippen molar-refractivity contribution in [1.82, 2.24) is 4.98 Å². The van der Waals surface area contributed by atoms with E-state index in [1.807, 2.05) is 61.5 Å². The van der Waals surface area contributed by atoms with Crippen LogP contribution in [0.1, 0.15) is 24.0 Å². The minimum Gasteiger partial charge on any atom is -0.326 e. The average molecular weight is 372 g/mol. The molecule has 134 valence electrons. The third kappa shape index (κ3) is 3.76. The van der Waals surface area contributed by atoms with Crippen molar-refractivity contribution in [2.75, 3.05) is 5.32 Å². The maximum absolute atomic E-state index is 12.5. The number of nitrogens with one attached hydrogen (secondary N) is 1. The second kappa shape index (κ2) is 7.33. The quantitative estimate of drug-likeness (QED) is 0.476. The summed E-state index contributed by atoms with van der Waals surface area (Å²) < 4.78 is 1.19. The maximum Gasteiger partial charge on any atom is 0.231 e. The number of fused-ring (bicyclic) bond motifs is 1. The van der Waals surface area contributed by atoms with Crippen LogP contribution in [-0.2, 0) is 4.79 Å². The Bertz CT molecular complexity index is 1080. The Morgan fingerprint density at radius 1 is 1.00 bits per heavy atom. The molecule has 0 bridgehead atoms. The van der Waals surface area contributed by atoms with E-state index in [4.69, 9.17) is 4.98 Å². The molecule has 4 heteroatoms. The van der Waals surface area contributed by atoms with Gasteiger partial charge in [0.2, 0.25) is 5.91 Å². The number of hydrogen-bond acceptors (Lipinski definition) is 3. The van der Waals surface area contributed by atoms with Crippen molar-refractivity contribution in [2.24, 2.45) is 0 Å². The van der Waals surface area contributed by atoms with Crippen LogP contribution in [0.4, 0.5) is 5.69 Å². The molecule has 4 aromatic rings. The van der Waals surface area contributed by atoms with Gasteiger partial charge in [-0.1, -0.05) is 36.4 Å². The van der Waals surface area contributed by atoms with Gasteiger partial charge in [-0.3, -0.25) is 4.79 Å². The molecule has 0 unspecified atom stereocenters. The van der Waals surface area contributed by atoms with Crippen LogP contribution in [-0.4, -0.2) is 10.9 Å². The third-order valence-corrected chi connectivity index (χ3v) is 5.70. The van der Waals surface area contributed by atoms with Crippen LogP contribution in [0.15, 0.2) is 72.8 Å². The Kier molecular flexibility index (Phi) is 4.73. The second-order valence-electron chi connectivity index (χ2n) is 6.69. The molecule has 0 saturated carbocycles. The minimum atomic E-state index is -0.196. The molecule has 4 rings (SSSR count). The normalized spacial score (nSPS) is 12.1. The topological polar surface area (TPSA) is 42.0 Å². The first-order chi connectivity index (χ1) is 13.1. The van der Waals surface area contributed by atoms with Crippen molar-refractivity contribution in [1.29, 1.82) is 0 Å². The van der Waals surface area contributed by atoms with Gasteiger partial charge in [-0.05, 0) is 61.4 Å². The first kappa shape index (κ1) is 17.4. The van der Waals surface area contributed by atoms with Gasteiger partial charge in [0.15, 0.2) is 0 Å². The fourth-order valence-electron chi connectivity index (χ4n) is 3.00. The van der Waals surface area contributed by atoms with Crippen molar-refractivity contribution >= 4 is 33.1 Å². The van der Waals surface area contributed by atoms with Gasteiger partial charge in [0, 0.05) is 11.3 Å². The van der Waals surface area contributed by atoms with Crippen molar-refractivity contribution in [3.05, 3.63) is 83.9 Å². The van der Waals surface area contributed by atoms with Gasteiger partial charge in [0.1, 0.15) is 5.01 Å². The fraction of sp³-hybridized carbons (Fsp3) is 0.130. The maximum atomic E-state index is 12.5. The molecule has 1 N–H and O–H groups in total. The standard InChI is InChI=1S/C23H20N2OS/c1-15-8-13-20-21(14-15)27-23(25-20)18-9-11-19(12-10-18)24-22(26)16(2)17-6-4-3-5-7-17/h3-14,16H,1-2H3,(H,24,26)/t16-/m0/s1. The second-order valence-corrected chi connectivity index (χ2v) is 7.72. The summed E-state index contributed by atoms with van der Waals surface area (Å²) in [5.74, 6) is -0.206. The Hall–Kier alpha value is -2.98.